The molecule has 1 aromatic rings. The van der Waals surface area contributed by atoms with Gasteiger partial charge in [0.25, 0.3) is 0 Å². The molecule has 0 radical (unpaired) electrons. The topological polar surface area (TPSA) is 52.3 Å². The van der Waals surface area contributed by atoms with Crippen molar-refractivity contribution in [2.24, 2.45) is 0 Å². The third kappa shape index (κ3) is 2.39. The number of hydrogen-bond donors (Lipinski definition) is 1. The number of nitrogens with two attached hydrogens (primary N) is 1. The number of thiophene rings is 1. The summed E-state index contributed by atoms with van der Waals surface area (Å²) in [5.74, 6) is -0.313. The Kier molecular flexibility index (Phi) is 2.88. The van der Waals surface area contributed by atoms with Gasteiger partial charge in [-0.05, 0) is 12.1 Å². The van der Waals surface area contributed by atoms with Crippen molar-refractivity contribution >= 4 is 22.3 Å². The van der Waals surface area contributed by atoms with Crippen molar-refractivity contribution in [1.82, 2.24) is 0 Å². The van der Waals surface area contributed by atoms with E-state index in [1.54, 1.807) is 12.1 Å². The number of carbonyl (C=O) groups excluding carboxylic acids is 1. The second-order valence-electron chi connectivity index (χ2n) is 2.12. The van der Waals surface area contributed by atoms with Gasteiger partial charge in [-0.15, -0.1) is 6.58 Å². The lowest BCUT2D eigenvalue weighted by molar-refractivity contribution is -0.133. The first-order valence-electron chi connectivity index (χ1n) is 3.39. The van der Waals surface area contributed by atoms with Crippen molar-refractivity contribution < 1.29 is 9.53 Å². The Bertz CT molecular complexity index is 293. The summed E-state index contributed by atoms with van der Waals surface area (Å²) in [5.41, 5.74) is 5.44. The molecule has 0 bridgehead atoms. The lowest BCUT2D eigenvalue weighted by Gasteiger charge is -1.96. The molecule has 0 fully saturated rings. The third-order valence-electron chi connectivity index (χ3n) is 1.13. The predicted molar refractivity (Wildman–Crippen MR) is 49.2 cm³/mol. The van der Waals surface area contributed by atoms with Crippen molar-refractivity contribution in [2.45, 2.75) is 6.42 Å². The van der Waals surface area contributed by atoms with Gasteiger partial charge in [-0.25, -0.2) is 0 Å². The zero-order chi connectivity index (χ0) is 8.97. The van der Waals surface area contributed by atoms with Crippen LogP contribution >= 0.6 is 11.3 Å². The first kappa shape index (κ1) is 8.80. The number of anilines is 1. The fourth-order valence-electron chi connectivity index (χ4n) is 0.661. The van der Waals surface area contributed by atoms with Crippen molar-refractivity contribution in [1.29, 1.82) is 0 Å². The highest BCUT2D eigenvalue weighted by atomic mass is 32.1. The Balaban J connectivity index is 2.52. The summed E-state index contributed by atoms with van der Waals surface area (Å²) in [7, 11) is 0. The van der Waals surface area contributed by atoms with E-state index in [1.807, 2.05) is 0 Å². The van der Waals surface area contributed by atoms with Gasteiger partial charge in [-0.2, -0.15) is 0 Å². The van der Waals surface area contributed by atoms with Gasteiger partial charge in [0.2, 0.25) is 0 Å². The molecule has 1 rings (SSSR count). The van der Waals surface area contributed by atoms with Gasteiger partial charge in [0, 0.05) is 0 Å². The molecule has 0 saturated carbocycles. The van der Waals surface area contributed by atoms with Crippen LogP contribution < -0.4 is 10.5 Å². The van der Waals surface area contributed by atoms with Crippen LogP contribution in [0, 0.1) is 0 Å². The third-order valence-corrected chi connectivity index (χ3v) is 1.92. The van der Waals surface area contributed by atoms with Gasteiger partial charge in [0.05, 0.1) is 11.4 Å². The van der Waals surface area contributed by atoms with Gasteiger partial charge in [0.1, 0.15) is 0 Å². The monoisotopic (exact) mass is 183 g/mol. The molecule has 0 saturated heterocycles. The van der Waals surface area contributed by atoms with Crippen molar-refractivity contribution in [3.05, 3.63) is 24.8 Å². The van der Waals surface area contributed by atoms with E-state index in [0.29, 0.717) is 10.1 Å². The van der Waals surface area contributed by atoms with Crippen molar-refractivity contribution in [2.75, 3.05) is 5.73 Å². The molecule has 1 aromatic heterocycles. The SMILES string of the molecule is C=CCC(=O)Oc1ccc(N)s1. The number of esters is 1. The molecule has 0 atom stereocenters. The molecule has 0 aliphatic carbocycles. The summed E-state index contributed by atoms with van der Waals surface area (Å²) in [4.78, 5) is 10.9. The van der Waals surface area contributed by atoms with E-state index >= 15 is 0 Å². The fraction of sp³-hybridized carbons (Fsp3) is 0.125. The summed E-state index contributed by atoms with van der Waals surface area (Å²) < 4.78 is 4.90. The van der Waals surface area contributed by atoms with Crippen LogP contribution in [-0.2, 0) is 4.79 Å². The van der Waals surface area contributed by atoms with Gasteiger partial charge >= 0.3 is 5.97 Å². The van der Waals surface area contributed by atoms with E-state index in [-0.39, 0.29) is 12.4 Å². The van der Waals surface area contributed by atoms with Gasteiger partial charge in [-0.1, -0.05) is 17.4 Å². The van der Waals surface area contributed by atoms with Crippen LogP contribution in [0.1, 0.15) is 6.42 Å². The molecule has 0 aliphatic heterocycles. The summed E-state index contributed by atoms with van der Waals surface area (Å²) in [6.07, 6.45) is 1.72. The molecule has 0 unspecified atom stereocenters. The van der Waals surface area contributed by atoms with Crippen molar-refractivity contribution in [3.63, 3.8) is 0 Å². The summed E-state index contributed by atoms with van der Waals surface area (Å²) in [6, 6.07) is 3.36. The van der Waals surface area contributed by atoms with Gasteiger partial charge in [0.15, 0.2) is 5.06 Å². The average Bonchev–Trinajstić information content (AvgIpc) is 2.36. The number of rotatable bonds is 3. The molecule has 1 heterocycles. The molecule has 0 aromatic carbocycles. The minimum atomic E-state index is -0.313. The second-order valence-corrected chi connectivity index (χ2v) is 3.20. The molecule has 3 nitrogen and oxygen atoms in total. The first-order valence-corrected chi connectivity index (χ1v) is 4.21. The average molecular weight is 183 g/mol. The maximum absolute atomic E-state index is 10.9. The number of hydrogen-bond acceptors (Lipinski definition) is 4. The van der Waals surface area contributed by atoms with Crippen LogP contribution in [-0.4, -0.2) is 5.97 Å². The fourth-order valence-corrected chi connectivity index (χ4v) is 1.30. The highest BCUT2D eigenvalue weighted by Crippen LogP contribution is 2.26. The van der Waals surface area contributed by atoms with E-state index in [4.69, 9.17) is 10.5 Å². The molecular weight excluding hydrogens is 174 g/mol. The molecule has 12 heavy (non-hydrogen) atoms. The molecule has 2 N–H and O–H groups in total. The number of ether oxygens (including phenoxy) is 1. The minimum absolute atomic E-state index is 0.220. The minimum Gasteiger partial charge on any atom is -0.415 e. The van der Waals surface area contributed by atoms with E-state index in [2.05, 4.69) is 6.58 Å². The van der Waals surface area contributed by atoms with E-state index < -0.39 is 0 Å². The van der Waals surface area contributed by atoms with Crippen LogP contribution in [0.3, 0.4) is 0 Å². The van der Waals surface area contributed by atoms with Gasteiger partial charge in [-0.3, -0.25) is 4.79 Å². The highest BCUT2D eigenvalue weighted by Gasteiger charge is 2.03. The lowest BCUT2D eigenvalue weighted by atomic mass is 10.4. The normalized spacial score (nSPS) is 9.33. The molecule has 64 valence electrons. The standard InChI is InChI=1S/C8H9NO2S/c1-2-3-7(10)11-8-5-4-6(9)12-8/h2,4-5H,1,3,9H2. The van der Waals surface area contributed by atoms with E-state index in [0.717, 1.165) is 0 Å². The molecule has 0 spiro atoms. The van der Waals surface area contributed by atoms with Crippen LogP contribution in [0.5, 0.6) is 5.06 Å². The Hall–Kier alpha value is -1.29. The summed E-state index contributed by atoms with van der Waals surface area (Å²) in [5, 5.41) is 1.16. The van der Waals surface area contributed by atoms with Crippen molar-refractivity contribution in [3.8, 4) is 5.06 Å². The molecule has 0 aliphatic rings. The van der Waals surface area contributed by atoms with Crippen LogP contribution in [0.15, 0.2) is 24.8 Å². The molecule has 0 amide bonds. The maximum atomic E-state index is 10.9. The smallest absolute Gasteiger partial charge is 0.315 e. The summed E-state index contributed by atoms with van der Waals surface area (Å²) in [6.45, 7) is 3.43. The van der Waals surface area contributed by atoms with E-state index in [1.165, 1.54) is 17.4 Å². The summed E-state index contributed by atoms with van der Waals surface area (Å²) >= 11 is 1.24. The lowest BCUT2D eigenvalue weighted by Crippen LogP contribution is -2.04. The van der Waals surface area contributed by atoms with Crippen LogP contribution in [0.25, 0.3) is 0 Å². The quantitative estimate of drug-likeness (QED) is 0.574. The second kappa shape index (κ2) is 3.92. The largest absolute Gasteiger partial charge is 0.415 e. The maximum Gasteiger partial charge on any atom is 0.315 e. The van der Waals surface area contributed by atoms with E-state index in [9.17, 15) is 4.79 Å². The van der Waals surface area contributed by atoms with Crippen LogP contribution in [0.2, 0.25) is 0 Å². The zero-order valence-electron chi connectivity index (χ0n) is 6.45. The Labute approximate surface area is 74.5 Å². The predicted octanol–water partition coefficient (Wildman–Crippen LogP) is 1.81. The van der Waals surface area contributed by atoms with Crippen LogP contribution in [0.4, 0.5) is 5.00 Å². The van der Waals surface area contributed by atoms with Gasteiger partial charge < -0.3 is 10.5 Å². The Morgan fingerprint density at radius 1 is 1.75 bits per heavy atom. The molecular formula is C8H9NO2S. The zero-order valence-corrected chi connectivity index (χ0v) is 7.26. The Morgan fingerprint density at radius 2 is 2.50 bits per heavy atom. The molecule has 4 heteroatoms. The Morgan fingerprint density at radius 3 is 3.00 bits per heavy atom. The number of nitrogen functional groups attached to an aromatic ring is 1. The number of carbonyl (C=O) groups is 1. The first-order chi connectivity index (χ1) is 5.72. The highest BCUT2D eigenvalue weighted by molar-refractivity contribution is 7.17.